The van der Waals surface area contributed by atoms with Gasteiger partial charge in [-0.05, 0) is 44.2 Å². The molecule has 0 bridgehead atoms. The summed E-state index contributed by atoms with van der Waals surface area (Å²) in [6.45, 7) is 9.61. The van der Waals surface area contributed by atoms with Gasteiger partial charge in [0.05, 0.1) is 0 Å². The number of nitrogens with zero attached hydrogens (tertiary/aromatic N) is 1. The number of hydrogen-bond acceptors (Lipinski definition) is 3. The molecule has 17 heavy (non-hydrogen) atoms. The predicted octanol–water partition coefficient (Wildman–Crippen LogP) is 2.98. The molecule has 0 spiro atoms. The van der Waals surface area contributed by atoms with E-state index in [0.717, 1.165) is 0 Å². The minimum Gasteiger partial charge on any atom is -0.309 e. The Balaban J connectivity index is 2.20. The minimum atomic E-state index is 0.400. The van der Waals surface area contributed by atoms with Crippen LogP contribution < -0.4 is 5.32 Å². The average Bonchev–Trinajstić information content (AvgIpc) is 2.39. The standard InChI is InChI=1S/C14H30N2S/c1-4-14(5-2)13-16(11-9-15-14)10-7-6-8-12-17-3/h15H,4-13H2,1-3H3. The zero-order chi connectivity index (χ0) is 12.6. The Kier molecular flexibility index (Phi) is 7.56. The van der Waals surface area contributed by atoms with Gasteiger partial charge in [-0.3, -0.25) is 0 Å². The van der Waals surface area contributed by atoms with Gasteiger partial charge >= 0.3 is 0 Å². The van der Waals surface area contributed by atoms with Crippen molar-refractivity contribution in [2.24, 2.45) is 0 Å². The third kappa shape index (κ3) is 5.19. The topological polar surface area (TPSA) is 15.3 Å². The van der Waals surface area contributed by atoms with E-state index in [9.17, 15) is 0 Å². The molecule has 0 saturated carbocycles. The molecule has 2 nitrogen and oxygen atoms in total. The van der Waals surface area contributed by atoms with E-state index in [1.807, 2.05) is 11.8 Å². The van der Waals surface area contributed by atoms with Gasteiger partial charge in [0.15, 0.2) is 0 Å². The summed E-state index contributed by atoms with van der Waals surface area (Å²) in [5.41, 5.74) is 0.400. The van der Waals surface area contributed by atoms with Crippen molar-refractivity contribution < 1.29 is 0 Å². The first kappa shape index (κ1) is 15.3. The van der Waals surface area contributed by atoms with E-state index >= 15 is 0 Å². The van der Waals surface area contributed by atoms with Gasteiger partial charge in [-0.25, -0.2) is 0 Å². The number of rotatable bonds is 8. The second-order valence-corrected chi connectivity index (χ2v) is 6.23. The predicted molar refractivity (Wildman–Crippen MR) is 80.0 cm³/mol. The van der Waals surface area contributed by atoms with Crippen LogP contribution in [-0.4, -0.2) is 48.6 Å². The molecule has 1 N–H and O–H groups in total. The first-order chi connectivity index (χ1) is 8.26. The summed E-state index contributed by atoms with van der Waals surface area (Å²) in [6, 6.07) is 0. The minimum absolute atomic E-state index is 0.400. The van der Waals surface area contributed by atoms with Gasteiger partial charge in [0.1, 0.15) is 0 Å². The summed E-state index contributed by atoms with van der Waals surface area (Å²) in [5.74, 6) is 1.33. The van der Waals surface area contributed by atoms with Crippen LogP contribution in [0.15, 0.2) is 0 Å². The molecule has 1 heterocycles. The van der Waals surface area contributed by atoms with Gasteiger partial charge in [0.25, 0.3) is 0 Å². The van der Waals surface area contributed by atoms with Crippen LogP contribution in [0.5, 0.6) is 0 Å². The van der Waals surface area contributed by atoms with E-state index in [1.54, 1.807) is 0 Å². The van der Waals surface area contributed by atoms with E-state index in [1.165, 1.54) is 64.0 Å². The molecule has 0 aromatic carbocycles. The first-order valence-corrected chi connectivity index (χ1v) is 8.62. The Hall–Kier alpha value is 0.270. The molecule has 1 saturated heterocycles. The van der Waals surface area contributed by atoms with Crippen LogP contribution in [0.3, 0.4) is 0 Å². The summed E-state index contributed by atoms with van der Waals surface area (Å²) < 4.78 is 0. The maximum Gasteiger partial charge on any atom is 0.0304 e. The van der Waals surface area contributed by atoms with E-state index < -0.39 is 0 Å². The van der Waals surface area contributed by atoms with Crippen LogP contribution in [0.25, 0.3) is 0 Å². The van der Waals surface area contributed by atoms with E-state index in [-0.39, 0.29) is 0 Å². The highest BCUT2D eigenvalue weighted by molar-refractivity contribution is 7.98. The quantitative estimate of drug-likeness (QED) is 0.674. The van der Waals surface area contributed by atoms with E-state index in [0.29, 0.717) is 5.54 Å². The van der Waals surface area contributed by atoms with Crippen LogP contribution in [0.2, 0.25) is 0 Å². The number of nitrogens with one attached hydrogen (secondary N) is 1. The Morgan fingerprint density at radius 1 is 1.18 bits per heavy atom. The lowest BCUT2D eigenvalue weighted by molar-refractivity contribution is 0.122. The molecule has 1 fully saturated rings. The van der Waals surface area contributed by atoms with Crippen molar-refractivity contribution in [3.8, 4) is 0 Å². The highest BCUT2D eigenvalue weighted by atomic mass is 32.2. The zero-order valence-electron chi connectivity index (χ0n) is 11.9. The summed E-state index contributed by atoms with van der Waals surface area (Å²) >= 11 is 1.97. The number of thioether (sulfide) groups is 1. The first-order valence-electron chi connectivity index (χ1n) is 7.22. The number of piperazine rings is 1. The molecule has 102 valence electrons. The van der Waals surface area contributed by atoms with Crippen LogP contribution in [-0.2, 0) is 0 Å². The molecule has 0 atom stereocenters. The smallest absolute Gasteiger partial charge is 0.0304 e. The highest BCUT2D eigenvalue weighted by Gasteiger charge is 2.31. The lowest BCUT2D eigenvalue weighted by Gasteiger charge is -2.43. The van der Waals surface area contributed by atoms with Crippen molar-refractivity contribution in [1.29, 1.82) is 0 Å². The Morgan fingerprint density at radius 2 is 1.94 bits per heavy atom. The fourth-order valence-electron chi connectivity index (χ4n) is 2.72. The van der Waals surface area contributed by atoms with E-state index in [4.69, 9.17) is 0 Å². The van der Waals surface area contributed by atoms with Crippen LogP contribution in [0, 0.1) is 0 Å². The van der Waals surface area contributed by atoms with Gasteiger partial charge in [-0.2, -0.15) is 11.8 Å². The molecule has 0 aromatic rings. The van der Waals surface area contributed by atoms with Crippen LogP contribution in [0.4, 0.5) is 0 Å². The summed E-state index contributed by atoms with van der Waals surface area (Å²) in [7, 11) is 0. The molecule has 0 unspecified atom stereocenters. The summed E-state index contributed by atoms with van der Waals surface area (Å²) in [5, 5.41) is 3.73. The lowest BCUT2D eigenvalue weighted by atomic mass is 9.90. The fourth-order valence-corrected chi connectivity index (χ4v) is 3.21. The van der Waals surface area contributed by atoms with Crippen molar-refractivity contribution in [3.63, 3.8) is 0 Å². The molecule has 0 radical (unpaired) electrons. The third-order valence-corrected chi connectivity index (χ3v) is 4.83. The van der Waals surface area contributed by atoms with Gasteiger partial charge in [0, 0.05) is 25.2 Å². The third-order valence-electron chi connectivity index (χ3n) is 4.13. The van der Waals surface area contributed by atoms with Gasteiger partial charge in [-0.1, -0.05) is 20.3 Å². The van der Waals surface area contributed by atoms with Crippen molar-refractivity contribution in [3.05, 3.63) is 0 Å². The summed E-state index contributed by atoms with van der Waals surface area (Å²) in [6.07, 6.45) is 8.88. The second-order valence-electron chi connectivity index (χ2n) is 5.24. The van der Waals surface area contributed by atoms with E-state index in [2.05, 4.69) is 30.3 Å². The lowest BCUT2D eigenvalue weighted by Crippen LogP contribution is -2.59. The average molecular weight is 258 g/mol. The zero-order valence-corrected chi connectivity index (χ0v) is 12.7. The highest BCUT2D eigenvalue weighted by Crippen LogP contribution is 2.20. The van der Waals surface area contributed by atoms with Crippen LogP contribution >= 0.6 is 11.8 Å². The largest absolute Gasteiger partial charge is 0.309 e. The maximum atomic E-state index is 3.73. The maximum absolute atomic E-state index is 3.73. The van der Waals surface area contributed by atoms with Crippen molar-refractivity contribution in [1.82, 2.24) is 10.2 Å². The Bertz CT molecular complexity index is 193. The van der Waals surface area contributed by atoms with Gasteiger partial charge < -0.3 is 10.2 Å². The molecule has 0 aliphatic carbocycles. The number of hydrogen-bond donors (Lipinski definition) is 1. The molecule has 0 aromatic heterocycles. The monoisotopic (exact) mass is 258 g/mol. The van der Waals surface area contributed by atoms with Crippen molar-refractivity contribution in [2.45, 2.75) is 51.5 Å². The second kappa shape index (κ2) is 8.39. The Labute approximate surface area is 112 Å². The molecule has 1 aliphatic rings. The molecular formula is C14H30N2S. The molecular weight excluding hydrogens is 228 g/mol. The Morgan fingerprint density at radius 3 is 2.59 bits per heavy atom. The van der Waals surface area contributed by atoms with Crippen molar-refractivity contribution >= 4 is 11.8 Å². The fraction of sp³-hybridized carbons (Fsp3) is 1.00. The number of unbranched alkanes of at least 4 members (excludes halogenated alkanes) is 2. The molecule has 1 aliphatic heterocycles. The van der Waals surface area contributed by atoms with Crippen molar-refractivity contribution in [2.75, 3.05) is 38.2 Å². The summed E-state index contributed by atoms with van der Waals surface area (Å²) in [4.78, 5) is 2.67. The molecule has 1 rings (SSSR count). The molecule has 0 amide bonds. The SMILES string of the molecule is CCC1(CC)CN(CCCCCSC)CCN1. The normalized spacial score (nSPS) is 20.6. The molecule has 3 heteroatoms. The van der Waals surface area contributed by atoms with Gasteiger partial charge in [-0.15, -0.1) is 0 Å². The van der Waals surface area contributed by atoms with Gasteiger partial charge in [0.2, 0.25) is 0 Å². The van der Waals surface area contributed by atoms with Crippen LogP contribution in [0.1, 0.15) is 46.0 Å².